The van der Waals surface area contributed by atoms with Gasteiger partial charge in [-0.1, -0.05) is 0 Å². The minimum absolute atomic E-state index is 0.409. The van der Waals surface area contributed by atoms with Gasteiger partial charge in [0.15, 0.2) is 0 Å². The molecule has 3 nitrogen and oxygen atoms in total. The minimum atomic E-state index is -3.48. The van der Waals surface area contributed by atoms with Crippen LogP contribution in [0, 0.1) is 0 Å². The molecule has 0 rings (SSSR count). The average molecular weight is 126 g/mol. The zero-order valence-electron chi connectivity index (χ0n) is 4.14. The average Bonchev–Trinajstić information content (AvgIpc) is 1.21. The maximum Gasteiger partial charge on any atom is 0.638 e. The second-order valence-corrected chi connectivity index (χ2v) is 1.25. The van der Waals surface area contributed by atoms with Gasteiger partial charge in [-0.25, -0.2) is 0 Å². The Hall–Kier alpha value is -0.195. The first-order valence-electron chi connectivity index (χ1n) is 1.83. The molecule has 0 aromatic heterocycles. The predicted octanol–water partition coefficient (Wildman–Crippen LogP) is -0.415. The Morgan fingerprint density at radius 2 is 1.88 bits per heavy atom. The van der Waals surface area contributed by atoms with Crippen molar-refractivity contribution >= 4 is 7.32 Å². The fourth-order valence-corrected chi connectivity index (χ4v) is 0.185. The van der Waals surface area contributed by atoms with E-state index in [0.717, 1.165) is 0 Å². The van der Waals surface area contributed by atoms with Gasteiger partial charge in [-0.3, -0.25) is 0 Å². The molecule has 0 saturated carbocycles. The first-order chi connectivity index (χ1) is 3.42. The van der Waals surface area contributed by atoms with E-state index in [1.54, 1.807) is 0 Å². The number of alkyl halides is 2. The molecule has 0 aliphatic heterocycles. The third-order valence-electron chi connectivity index (χ3n) is 0.312. The number of halogens is 2. The Morgan fingerprint density at radius 1 is 1.50 bits per heavy atom. The maximum absolute atomic E-state index is 11.4. The third-order valence-corrected chi connectivity index (χ3v) is 0.312. The first kappa shape index (κ1) is 7.80. The van der Waals surface area contributed by atoms with Crippen LogP contribution in [-0.2, 0) is 4.65 Å². The molecule has 0 bridgehead atoms. The van der Waals surface area contributed by atoms with Gasteiger partial charge in [0, 0.05) is 6.92 Å². The Morgan fingerprint density at radius 3 is 1.88 bits per heavy atom. The van der Waals surface area contributed by atoms with Gasteiger partial charge in [0.05, 0.1) is 0 Å². The van der Waals surface area contributed by atoms with Crippen LogP contribution in [0.1, 0.15) is 6.92 Å². The fraction of sp³-hybridized carbons (Fsp3) is 1.00. The van der Waals surface area contributed by atoms with E-state index in [0.29, 0.717) is 6.92 Å². The van der Waals surface area contributed by atoms with Crippen LogP contribution in [0.4, 0.5) is 8.78 Å². The minimum Gasteiger partial charge on any atom is -0.402 e. The zero-order valence-corrected chi connectivity index (χ0v) is 4.14. The summed E-state index contributed by atoms with van der Waals surface area (Å²) in [6, 6.07) is 0. The fourth-order valence-electron chi connectivity index (χ4n) is 0.185. The van der Waals surface area contributed by atoms with Crippen LogP contribution in [0.25, 0.3) is 0 Å². The van der Waals surface area contributed by atoms with Crippen molar-refractivity contribution in [1.29, 1.82) is 0 Å². The van der Waals surface area contributed by atoms with Gasteiger partial charge in [-0.2, -0.15) is 8.78 Å². The third kappa shape index (κ3) is 5.80. The van der Waals surface area contributed by atoms with E-state index in [1.807, 2.05) is 0 Å². The molecule has 0 radical (unpaired) electrons. The van der Waals surface area contributed by atoms with Gasteiger partial charge >= 0.3 is 13.4 Å². The molecule has 0 aliphatic rings. The molecule has 0 heterocycles. The largest absolute Gasteiger partial charge is 0.638 e. The van der Waals surface area contributed by atoms with Crippen molar-refractivity contribution in [1.82, 2.24) is 0 Å². The molecular weight excluding hydrogens is 121 g/mol. The second-order valence-electron chi connectivity index (χ2n) is 1.25. The molecule has 0 saturated heterocycles. The van der Waals surface area contributed by atoms with Crippen molar-refractivity contribution < 1.29 is 23.5 Å². The molecule has 2 N–H and O–H groups in total. The summed E-state index contributed by atoms with van der Waals surface area (Å²) in [5.74, 6) is 0. The molecular formula is C2H5BF2O3. The highest BCUT2D eigenvalue weighted by molar-refractivity contribution is 6.32. The topological polar surface area (TPSA) is 49.7 Å². The van der Waals surface area contributed by atoms with Gasteiger partial charge in [0.25, 0.3) is 0 Å². The smallest absolute Gasteiger partial charge is 0.402 e. The van der Waals surface area contributed by atoms with Crippen molar-refractivity contribution in [3.63, 3.8) is 0 Å². The highest BCUT2D eigenvalue weighted by Gasteiger charge is 2.28. The van der Waals surface area contributed by atoms with E-state index in [9.17, 15) is 8.78 Å². The molecule has 0 unspecified atom stereocenters. The van der Waals surface area contributed by atoms with E-state index in [-0.39, 0.29) is 0 Å². The van der Waals surface area contributed by atoms with Gasteiger partial charge in [0.2, 0.25) is 0 Å². The van der Waals surface area contributed by atoms with Crippen LogP contribution in [0.3, 0.4) is 0 Å². The summed E-state index contributed by atoms with van der Waals surface area (Å²) in [6.07, 6.45) is -3.48. The zero-order chi connectivity index (χ0) is 6.78. The summed E-state index contributed by atoms with van der Waals surface area (Å²) < 4.78 is 26.1. The summed E-state index contributed by atoms with van der Waals surface area (Å²) in [5.41, 5.74) is 0. The van der Waals surface area contributed by atoms with Crippen molar-refractivity contribution in [3.05, 3.63) is 0 Å². The number of hydrogen-bond donors (Lipinski definition) is 2. The molecule has 0 aromatic rings. The summed E-state index contributed by atoms with van der Waals surface area (Å²) in [7, 11) is -2.41. The van der Waals surface area contributed by atoms with Crippen LogP contribution in [-0.4, -0.2) is 23.5 Å². The Kier molecular flexibility index (Phi) is 2.33. The van der Waals surface area contributed by atoms with E-state index >= 15 is 0 Å². The standard InChI is InChI=1S/C2H5BF2O3/c1-2(4,5)8-3(6)7/h6-7H,1H3. The van der Waals surface area contributed by atoms with Crippen molar-refractivity contribution in [2.45, 2.75) is 13.0 Å². The van der Waals surface area contributed by atoms with Gasteiger partial charge in [0.1, 0.15) is 0 Å². The van der Waals surface area contributed by atoms with Gasteiger partial charge < -0.3 is 14.7 Å². The van der Waals surface area contributed by atoms with Crippen LogP contribution < -0.4 is 0 Å². The molecule has 0 fully saturated rings. The van der Waals surface area contributed by atoms with E-state index in [1.165, 1.54) is 0 Å². The number of hydrogen-bond acceptors (Lipinski definition) is 3. The lowest BCUT2D eigenvalue weighted by Crippen LogP contribution is -2.28. The molecule has 0 amide bonds. The van der Waals surface area contributed by atoms with Crippen LogP contribution in [0.15, 0.2) is 0 Å². The lowest BCUT2D eigenvalue weighted by molar-refractivity contribution is -0.179. The maximum atomic E-state index is 11.4. The lowest BCUT2D eigenvalue weighted by atomic mass is 10.3. The van der Waals surface area contributed by atoms with Gasteiger partial charge in [-0.05, 0) is 0 Å². The summed E-state index contributed by atoms with van der Waals surface area (Å²) >= 11 is 0. The molecule has 0 aromatic carbocycles. The monoisotopic (exact) mass is 126 g/mol. The van der Waals surface area contributed by atoms with Crippen LogP contribution in [0.2, 0.25) is 0 Å². The van der Waals surface area contributed by atoms with Crippen molar-refractivity contribution in [2.24, 2.45) is 0 Å². The Bertz CT molecular complexity index is 70.2. The highest BCUT2D eigenvalue weighted by atomic mass is 19.3. The van der Waals surface area contributed by atoms with E-state index in [2.05, 4.69) is 4.65 Å². The summed E-state index contributed by atoms with van der Waals surface area (Å²) in [6.45, 7) is 0.409. The Labute approximate surface area is 45.1 Å². The van der Waals surface area contributed by atoms with Crippen molar-refractivity contribution in [2.75, 3.05) is 0 Å². The van der Waals surface area contributed by atoms with E-state index < -0.39 is 13.4 Å². The van der Waals surface area contributed by atoms with Crippen LogP contribution in [0.5, 0.6) is 0 Å². The molecule has 0 aliphatic carbocycles. The second kappa shape index (κ2) is 2.39. The molecule has 6 heteroatoms. The summed E-state index contributed by atoms with van der Waals surface area (Å²) in [5, 5.41) is 15.5. The van der Waals surface area contributed by atoms with E-state index in [4.69, 9.17) is 10.0 Å². The molecule has 0 spiro atoms. The highest BCUT2D eigenvalue weighted by Crippen LogP contribution is 2.12. The lowest BCUT2D eigenvalue weighted by Gasteiger charge is -2.08. The molecule has 8 heavy (non-hydrogen) atoms. The summed E-state index contributed by atoms with van der Waals surface area (Å²) in [4.78, 5) is 0. The van der Waals surface area contributed by atoms with Gasteiger partial charge in [-0.15, -0.1) is 0 Å². The normalized spacial score (nSPS) is 11.6. The van der Waals surface area contributed by atoms with Crippen molar-refractivity contribution in [3.8, 4) is 0 Å². The Balaban J connectivity index is 3.39. The predicted molar refractivity (Wildman–Crippen MR) is 21.9 cm³/mol. The quantitative estimate of drug-likeness (QED) is 0.494. The SMILES string of the molecule is CC(F)(F)OB(O)O. The van der Waals surface area contributed by atoms with Crippen LogP contribution >= 0.6 is 0 Å². The molecule has 0 atom stereocenters. The molecule has 48 valence electrons. The number of rotatable bonds is 2. The first-order valence-corrected chi connectivity index (χ1v) is 1.83.